The molecule has 1 aliphatic carbocycles. The van der Waals surface area contributed by atoms with Crippen molar-refractivity contribution in [2.45, 2.75) is 12.8 Å². The smallest absolute Gasteiger partial charge is 0.246 e. The van der Waals surface area contributed by atoms with Crippen molar-refractivity contribution in [3.63, 3.8) is 0 Å². The average molecular weight is 772 g/mol. The molecular formula is C54H37N5O. The molecule has 11 rings (SSSR count). The number of furan rings is 1. The first-order chi connectivity index (χ1) is 29.6. The maximum atomic E-state index is 6.14. The highest BCUT2D eigenvalue weighted by Gasteiger charge is 2.25. The Hall–Kier alpha value is -7.83. The lowest BCUT2D eigenvalue weighted by Crippen LogP contribution is -2.12. The second-order valence-corrected chi connectivity index (χ2v) is 15.3. The zero-order chi connectivity index (χ0) is 40.0. The zero-order valence-corrected chi connectivity index (χ0v) is 32.8. The fourth-order valence-electron chi connectivity index (χ4n) is 8.37. The summed E-state index contributed by atoms with van der Waals surface area (Å²) in [6, 6.07) is 60.7. The lowest BCUT2D eigenvalue weighted by Gasteiger charge is -2.27. The topological polar surface area (TPSA) is 77.6 Å². The molecule has 0 N–H and O–H groups in total. The van der Waals surface area contributed by atoms with E-state index in [4.69, 9.17) is 29.3 Å². The second kappa shape index (κ2) is 14.8. The molecule has 0 fully saturated rings. The molecule has 0 saturated carbocycles. The molecule has 3 heterocycles. The van der Waals surface area contributed by atoms with Crippen LogP contribution in [0.25, 0.3) is 95.2 Å². The van der Waals surface area contributed by atoms with E-state index in [2.05, 4.69) is 134 Å². The highest BCUT2D eigenvalue weighted by atomic mass is 16.3. The summed E-state index contributed by atoms with van der Waals surface area (Å²) in [7, 11) is 0. The first kappa shape index (κ1) is 35.3. The summed E-state index contributed by atoms with van der Waals surface area (Å²) in [6.45, 7) is 2.31. The van der Waals surface area contributed by atoms with E-state index in [-0.39, 0.29) is 11.8 Å². The van der Waals surface area contributed by atoms with Gasteiger partial charge in [0, 0.05) is 28.0 Å². The third kappa shape index (κ3) is 6.54. The Bertz CT molecular complexity index is 3240. The number of aromatic nitrogens is 5. The molecule has 6 nitrogen and oxygen atoms in total. The van der Waals surface area contributed by atoms with Gasteiger partial charge >= 0.3 is 0 Å². The molecule has 2 atom stereocenters. The Labute approximate surface area is 347 Å². The average Bonchev–Trinajstić information content (AvgIpc) is 3.68. The van der Waals surface area contributed by atoms with Crippen LogP contribution in [0, 0.1) is 5.92 Å². The molecule has 0 saturated heterocycles. The molecule has 0 aliphatic heterocycles. The summed E-state index contributed by atoms with van der Waals surface area (Å²) in [5.74, 6) is 2.41. The SMILES string of the molecule is CC1C(c2ccc3oc4nc5ccccc5nc4c3c2)=CC=CC1c1ccc(-c2ccc(-c3nc(-c4ccccc4)nc(-c4ccc(-c5ccccc5)cc4)n3)cc2)cc1. The third-order valence-electron chi connectivity index (χ3n) is 11.6. The summed E-state index contributed by atoms with van der Waals surface area (Å²) < 4.78 is 6.14. The van der Waals surface area contributed by atoms with Crippen molar-refractivity contribution in [3.8, 4) is 56.4 Å². The molecule has 3 aromatic heterocycles. The predicted octanol–water partition coefficient (Wildman–Crippen LogP) is 13.4. The van der Waals surface area contributed by atoms with Gasteiger partial charge in [-0.3, -0.25) is 0 Å². The van der Waals surface area contributed by atoms with Crippen LogP contribution in [-0.4, -0.2) is 24.9 Å². The van der Waals surface area contributed by atoms with Gasteiger partial charge in [0.1, 0.15) is 11.1 Å². The van der Waals surface area contributed by atoms with E-state index in [1.165, 1.54) is 22.3 Å². The molecule has 284 valence electrons. The van der Waals surface area contributed by atoms with Crippen molar-refractivity contribution < 1.29 is 4.42 Å². The number of nitrogens with zero attached hydrogens (tertiary/aromatic N) is 5. The Balaban J connectivity index is 0.847. The number of hydrogen-bond donors (Lipinski definition) is 0. The van der Waals surface area contributed by atoms with Gasteiger partial charge in [0.15, 0.2) is 17.5 Å². The van der Waals surface area contributed by atoms with E-state index in [9.17, 15) is 0 Å². The molecule has 1 aliphatic rings. The van der Waals surface area contributed by atoms with Gasteiger partial charge in [-0.2, -0.15) is 0 Å². The summed E-state index contributed by atoms with van der Waals surface area (Å²) in [5, 5.41) is 0.983. The van der Waals surface area contributed by atoms with Gasteiger partial charge in [0.2, 0.25) is 5.71 Å². The van der Waals surface area contributed by atoms with Crippen molar-refractivity contribution in [2.75, 3.05) is 0 Å². The Kier molecular flexibility index (Phi) is 8.74. The fraction of sp³-hybridized carbons (Fsp3) is 0.0556. The van der Waals surface area contributed by atoms with Crippen molar-refractivity contribution in [2.24, 2.45) is 5.92 Å². The van der Waals surface area contributed by atoms with E-state index >= 15 is 0 Å². The van der Waals surface area contributed by atoms with Crippen LogP contribution in [0.5, 0.6) is 0 Å². The van der Waals surface area contributed by atoms with E-state index in [1.54, 1.807) is 0 Å². The minimum absolute atomic E-state index is 0.230. The Morgan fingerprint density at radius 2 is 0.900 bits per heavy atom. The Morgan fingerprint density at radius 3 is 1.50 bits per heavy atom. The molecule has 6 heteroatoms. The van der Waals surface area contributed by atoms with Gasteiger partial charge in [0.05, 0.1) is 11.0 Å². The quantitative estimate of drug-likeness (QED) is 0.161. The van der Waals surface area contributed by atoms with Crippen LogP contribution >= 0.6 is 0 Å². The first-order valence-corrected chi connectivity index (χ1v) is 20.3. The van der Waals surface area contributed by atoms with Crippen LogP contribution in [0.1, 0.15) is 24.0 Å². The molecule has 0 bridgehead atoms. The van der Waals surface area contributed by atoms with Gasteiger partial charge in [0.25, 0.3) is 0 Å². The zero-order valence-electron chi connectivity index (χ0n) is 32.8. The summed E-state index contributed by atoms with van der Waals surface area (Å²) >= 11 is 0. The van der Waals surface area contributed by atoms with Crippen molar-refractivity contribution in [1.29, 1.82) is 0 Å². The highest BCUT2D eigenvalue weighted by Crippen LogP contribution is 2.41. The molecule has 7 aromatic carbocycles. The minimum Gasteiger partial charge on any atom is -0.436 e. The number of para-hydroxylation sites is 2. The maximum absolute atomic E-state index is 6.14. The van der Waals surface area contributed by atoms with Crippen LogP contribution < -0.4 is 0 Å². The molecule has 2 unspecified atom stereocenters. The van der Waals surface area contributed by atoms with Crippen molar-refractivity contribution in [1.82, 2.24) is 24.9 Å². The number of hydrogen-bond acceptors (Lipinski definition) is 6. The summed E-state index contributed by atoms with van der Waals surface area (Å²) in [4.78, 5) is 24.6. The van der Waals surface area contributed by atoms with Crippen LogP contribution in [-0.2, 0) is 0 Å². The van der Waals surface area contributed by atoms with Crippen LogP contribution in [0.4, 0.5) is 0 Å². The highest BCUT2D eigenvalue weighted by molar-refractivity contribution is 6.04. The van der Waals surface area contributed by atoms with Gasteiger partial charge in [-0.1, -0.05) is 177 Å². The minimum atomic E-state index is 0.230. The largest absolute Gasteiger partial charge is 0.436 e. The van der Waals surface area contributed by atoms with Gasteiger partial charge in [-0.15, -0.1) is 0 Å². The second-order valence-electron chi connectivity index (χ2n) is 15.3. The normalized spacial score (nSPS) is 15.1. The third-order valence-corrected chi connectivity index (χ3v) is 11.6. The lowest BCUT2D eigenvalue weighted by atomic mass is 9.77. The van der Waals surface area contributed by atoms with E-state index in [0.717, 1.165) is 60.9 Å². The molecule has 0 radical (unpaired) electrons. The van der Waals surface area contributed by atoms with Crippen molar-refractivity contribution in [3.05, 3.63) is 205 Å². The Morgan fingerprint density at radius 1 is 0.433 bits per heavy atom. The van der Waals surface area contributed by atoms with Crippen molar-refractivity contribution >= 4 is 38.8 Å². The van der Waals surface area contributed by atoms with Crippen LogP contribution in [0.2, 0.25) is 0 Å². The monoisotopic (exact) mass is 771 g/mol. The van der Waals surface area contributed by atoms with Gasteiger partial charge in [-0.25, -0.2) is 24.9 Å². The first-order valence-electron chi connectivity index (χ1n) is 20.3. The predicted molar refractivity (Wildman–Crippen MR) is 243 cm³/mol. The van der Waals surface area contributed by atoms with Crippen LogP contribution in [0.15, 0.2) is 199 Å². The molecular weight excluding hydrogens is 735 g/mol. The molecule has 0 amide bonds. The summed E-state index contributed by atoms with van der Waals surface area (Å²) in [6.07, 6.45) is 6.74. The maximum Gasteiger partial charge on any atom is 0.246 e. The van der Waals surface area contributed by atoms with Gasteiger partial charge in [-0.05, 0) is 69.1 Å². The number of allylic oxidation sites excluding steroid dienone is 4. The number of benzene rings is 7. The van der Waals surface area contributed by atoms with E-state index in [0.29, 0.717) is 23.2 Å². The number of fused-ring (bicyclic) bond motifs is 4. The molecule has 60 heavy (non-hydrogen) atoms. The lowest BCUT2D eigenvalue weighted by molar-refractivity contribution is 0.651. The molecule has 10 aromatic rings. The van der Waals surface area contributed by atoms with Crippen LogP contribution in [0.3, 0.4) is 0 Å². The summed E-state index contributed by atoms with van der Waals surface area (Å²) in [5.41, 5.74) is 15.0. The van der Waals surface area contributed by atoms with E-state index in [1.807, 2.05) is 66.7 Å². The fourth-order valence-corrected chi connectivity index (χ4v) is 8.37. The number of rotatable bonds is 7. The van der Waals surface area contributed by atoms with E-state index < -0.39 is 0 Å². The molecule has 0 spiro atoms. The standard InChI is InChI=1S/C54H37N5O/c1-34-44(15-10-16-45(34)43-31-32-49-46(33-43)50-54(60-49)56-48-18-9-8-17-47(48)55-50)39-25-19-37(20-26-39)38-23-29-42(30-24-38)53-58-51(40-13-6-3-7-14-40)57-52(59-53)41-27-21-36(22-28-41)35-11-4-2-5-12-35/h2-34,44H,1H3. The van der Waals surface area contributed by atoms with Gasteiger partial charge < -0.3 is 4.42 Å².